The lowest BCUT2D eigenvalue weighted by Gasteiger charge is -2.69. The van der Waals surface area contributed by atoms with Crippen LogP contribution >= 0.6 is 0 Å². The summed E-state index contributed by atoms with van der Waals surface area (Å²) in [5.74, 6) is -0.882. The summed E-state index contributed by atoms with van der Waals surface area (Å²) >= 11 is 0. The molecule has 1 aromatic heterocycles. The fourth-order valence-corrected chi connectivity index (χ4v) is 11.6. The van der Waals surface area contributed by atoms with Crippen molar-refractivity contribution in [3.05, 3.63) is 77.4 Å². The molecule has 0 spiro atoms. The number of fused-ring (bicyclic) bond motifs is 7. The molecule has 0 saturated heterocycles. The van der Waals surface area contributed by atoms with Crippen molar-refractivity contribution < 1.29 is 19.2 Å². The highest BCUT2D eigenvalue weighted by atomic mass is 16.2. The molecule has 2 aromatic rings. The van der Waals surface area contributed by atoms with E-state index in [1.807, 2.05) is 44.2 Å². The van der Waals surface area contributed by atoms with Gasteiger partial charge in [0.05, 0.1) is 11.0 Å². The number of aromatic nitrogens is 2. The third kappa shape index (κ3) is 4.20. The van der Waals surface area contributed by atoms with E-state index in [4.69, 9.17) is 0 Å². The van der Waals surface area contributed by atoms with E-state index in [2.05, 4.69) is 45.7 Å². The molecule has 5 aliphatic carbocycles. The Morgan fingerprint density at radius 3 is 2.31 bits per heavy atom. The van der Waals surface area contributed by atoms with Crippen LogP contribution in [0.3, 0.4) is 0 Å². The Hall–Kier alpha value is -3.92. The van der Waals surface area contributed by atoms with Gasteiger partial charge in [0.25, 0.3) is 0 Å². The molecule has 3 saturated carbocycles. The number of hydrogen-bond acceptors (Lipinski definition) is 6. The minimum Gasteiger partial charge on any atom is -0.295 e. The number of benzene rings is 1. The largest absolute Gasteiger partial charge is 0.295 e. The number of allylic oxidation sites excluding steroid dienone is 4. The lowest BCUT2D eigenvalue weighted by molar-refractivity contribution is -0.164. The first-order valence-corrected chi connectivity index (χ1v) is 17.6. The number of carbonyl (C=O) groups is 4. The Morgan fingerprint density at radius 2 is 1.62 bits per heavy atom. The predicted molar refractivity (Wildman–Crippen MR) is 182 cm³/mol. The number of carbonyl (C=O) groups excluding carboxylic acids is 4. The molecule has 48 heavy (non-hydrogen) atoms. The number of Topliss-reactive ketones (excluding diaryl/α,β-unsaturated/α-hetero) is 1. The summed E-state index contributed by atoms with van der Waals surface area (Å²) in [4.78, 5) is 60.6. The van der Waals surface area contributed by atoms with Gasteiger partial charge < -0.3 is 0 Å². The summed E-state index contributed by atoms with van der Waals surface area (Å²) in [5.41, 5.74) is -0.885. The van der Waals surface area contributed by atoms with E-state index in [0.29, 0.717) is 24.8 Å². The van der Waals surface area contributed by atoms with Crippen molar-refractivity contribution in [2.75, 3.05) is 0 Å². The van der Waals surface area contributed by atoms with Crippen LogP contribution in [0.15, 0.2) is 66.2 Å². The van der Waals surface area contributed by atoms with Gasteiger partial charge in [-0.3, -0.25) is 23.7 Å². The summed E-state index contributed by atoms with van der Waals surface area (Å²) in [7, 11) is 0. The third-order valence-corrected chi connectivity index (χ3v) is 14.4. The van der Waals surface area contributed by atoms with Gasteiger partial charge in [0.2, 0.25) is 11.7 Å². The van der Waals surface area contributed by atoms with Gasteiger partial charge in [-0.05, 0) is 79.1 Å². The number of hydrogen-bond donors (Lipinski definition) is 0. The molecule has 7 rings (SSSR count). The minimum absolute atomic E-state index is 0.0196. The average Bonchev–Trinajstić information content (AvgIpc) is 3.54. The second-order valence-corrected chi connectivity index (χ2v) is 17.6. The Kier molecular flexibility index (Phi) is 7.00. The van der Waals surface area contributed by atoms with Crippen molar-refractivity contribution >= 4 is 23.3 Å². The quantitative estimate of drug-likeness (QED) is 0.313. The first-order valence-electron chi connectivity index (χ1n) is 17.6. The Morgan fingerprint density at radius 1 is 0.938 bits per heavy atom. The number of nitriles is 1. The molecule has 7 heteroatoms. The zero-order valence-corrected chi connectivity index (χ0v) is 29.4. The first kappa shape index (κ1) is 32.6. The first-order chi connectivity index (χ1) is 22.4. The molecule has 1 aromatic carbocycles. The lowest BCUT2D eigenvalue weighted by atomic mass is 9.34. The van der Waals surface area contributed by atoms with Gasteiger partial charge in [0.15, 0.2) is 11.6 Å². The molecule has 1 heterocycles. The maximum Gasteiger partial charge on any atom is 0.238 e. The van der Waals surface area contributed by atoms with Crippen molar-refractivity contribution in [3.63, 3.8) is 0 Å². The van der Waals surface area contributed by atoms with Crippen LogP contribution in [0, 0.1) is 61.6 Å². The highest BCUT2D eigenvalue weighted by Gasteiger charge is 2.71. The molecule has 7 nitrogen and oxygen atoms in total. The summed E-state index contributed by atoms with van der Waals surface area (Å²) < 4.78 is 1.52. The molecule has 250 valence electrons. The zero-order valence-electron chi connectivity index (χ0n) is 29.4. The molecule has 0 N–H and O–H groups in total. The molecule has 0 amide bonds. The standard InChI is InChI=1S/C41H47N3O4/c1-36(2)15-17-41(35(48)44-23-28(43-24-44)33(46)25-11-9-8-10-12-25)18-16-40(7)32(27(41)21-36)29(45)19-31-38(5)20-26(22-42)34(47)37(3,4)30(38)13-14-39(31,40)6/h8-12,19-20,23-24,27,30,32H,13-18,21H2,1-7H3. The van der Waals surface area contributed by atoms with Gasteiger partial charge >= 0.3 is 0 Å². The fraction of sp³-hybridized carbons (Fsp3) is 0.561. The van der Waals surface area contributed by atoms with E-state index < -0.39 is 21.7 Å². The van der Waals surface area contributed by atoms with Crippen LogP contribution in [0.2, 0.25) is 0 Å². The van der Waals surface area contributed by atoms with E-state index in [0.717, 1.165) is 31.3 Å². The molecular formula is C41H47N3O4. The van der Waals surface area contributed by atoms with Gasteiger partial charge in [-0.2, -0.15) is 5.26 Å². The second kappa shape index (κ2) is 10.3. The highest BCUT2D eigenvalue weighted by molar-refractivity contribution is 6.08. The number of nitrogens with zero attached hydrogens (tertiary/aromatic N) is 3. The Balaban J connectivity index is 1.32. The van der Waals surface area contributed by atoms with Crippen molar-refractivity contribution in [1.29, 1.82) is 5.26 Å². The topological polar surface area (TPSA) is 110 Å². The molecule has 5 aliphatic rings. The summed E-state index contributed by atoms with van der Waals surface area (Å²) in [5, 5.41) is 10.0. The van der Waals surface area contributed by atoms with Gasteiger partial charge in [0, 0.05) is 28.5 Å². The third-order valence-electron chi connectivity index (χ3n) is 14.4. The van der Waals surface area contributed by atoms with Crippen molar-refractivity contribution in [3.8, 4) is 6.07 Å². The maximum absolute atomic E-state index is 14.8. The summed E-state index contributed by atoms with van der Waals surface area (Å²) in [6, 6.07) is 11.2. The van der Waals surface area contributed by atoms with Crippen molar-refractivity contribution in [2.24, 2.45) is 50.2 Å². The van der Waals surface area contributed by atoms with Crippen molar-refractivity contribution in [1.82, 2.24) is 9.55 Å². The highest BCUT2D eigenvalue weighted by Crippen LogP contribution is 2.74. The van der Waals surface area contributed by atoms with E-state index in [1.165, 1.54) is 10.9 Å². The molecule has 7 unspecified atom stereocenters. The van der Waals surface area contributed by atoms with Crippen LogP contribution in [0.4, 0.5) is 0 Å². The van der Waals surface area contributed by atoms with Crippen molar-refractivity contribution in [2.45, 2.75) is 93.4 Å². The normalized spacial score (nSPS) is 37.8. The Labute approximate surface area is 283 Å². The van der Waals surface area contributed by atoms with Crippen LogP contribution in [0.5, 0.6) is 0 Å². The predicted octanol–water partition coefficient (Wildman–Crippen LogP) is 7.97. The molecule has 0 aliphatic heterocycles. The van der Waals surface area contributed by atoms with Crippen LogP contribution in [0.1, 0.15) is 114 Å². The van der Waals surface area contributed by atoms with E-state index >= 15 is 0 Å². The number of rotatable bonds is 3. The maximum atomic E-state index is 14.8. The molecular weight excluding hydrogens is 598 g/mol. The molecule has 7 atom stereocenters. The Bertz CT molecular complexity index is 1870. The van der Waals surface area contributed by atoms with Gasteiger partial charge in [0.1, 0.15) is 18.1 Å². The number of ketones is 3. The van der Waals surface area contributed by atoms with Crippen LogP contribution in [0.25, 0.3) is 0 Å². The SMILES string of the molecule is CC1(C)CCC2(C(=O)n3cnc(C(=O)c4ccccc4)c3)CCC3(C)C(C(=O)C=C4C5(C)C=C(C#N)C(=O)C(C)(C)C5CCC43C)C2C1. The van der Waals surface area contributed by atoms with Crippen LogP contribution in [-0.2, 0) is 9.59 Å². The monoisotopic (exact) mass is 645 g/mol. The smallest absolute Gasteiger partial charge is 0.238 e. The second-order valence-electron chi connectivity index (χ2n) is 17.6. The van der Waals surface area contributed by atoms with Crippen LogP contribution in [-0.4, -0.2) is 32.8 Å². The molecule has 0 bridgehead atoms. The molecule has 0 radical (unpaired) electrons. The van der Waals surface area contributed by atoms with E-state index in [-0.39, 0.29) is 63.1 Å². The zero-order chi connectivity index (χ0) is 34.7. The lowest BCUT2D eigenvalue weighted by Crippen LogP contribution is -2.66. The average molecular weight is 646 g/mol. The minimum atomic E-state index is -0.751. The van der Waals surface area contributed by atoms with E-state index in [9.17, 15) is 24.4 Å². The van der Waals surface area contributed by atoms with Crippen LogP contribution < -0.4 is 0 Å². The molecule has 3 fully saturated rings. The summed E-state index contributed by atoms with van der Waals surface area (Å²) in [6.07, 6.45) is 12.2. The fourth-order valence-electron chi connectivity index (χ4n) is 11.6. The summed E-state index contributed by atoms with van der Waals surface area (Å²) in [6.45, 7) is 15.1. The van der Waals surface area contributed by atoms with Gasteiger partial charge in [-0.25, -0.2) is 4.98 Å². The van der Waals surface area contributed by atoms with E-state index in [1.54, 1.807) is 18.3 Å². The van der Waals surface area contributed by atoms with Gasteiger partial charge in [-0.15, -0.1) is 0 Å². The number of imidazole rings is 1. The van der Waals surface area contributed by atoms with Gasteiger partial charge in [-0.1, -0.05) is 90.4 Å².